The summed E-state index contributed by atoms with van der Waals surface area (Å²) in [6, 6.07) is 4.24. The Morgan fingerprint density at radius 1 is 1.03 bits per heavy atom. The number of fused-ring (bicyclic) bond motifs is 1. The number of amides is 1. The Bertz CT molecular complexity index is 869. The maximum atomic E-state index is 12.5. The number of aryl methyl sites for hydroxylation is 2. The average molecular weight is 416 g/mol. The third-order valence-electron chi connectivity index (χ3n) is 6.30. The monoisotopic (exact) mass is 415 g/mol. The molecule has 2 fully saturated rings. The standard InChI is InChI=1S/C22H33N5O3/c1-17-11-20-21(12-18(17)2)27(16-23-20)14-19(28)13-24-3-5-26(6-4-24)22(29)15-25-7-9-30-10-8-25/h11-12,16,19,28H,3-10,13-15H2,1-2H3. The van der Waals surface area contributed by atoms with Gasteiger partial charge in [-0.2, -0.15) is 0 Å². The number of hydrogen-bond acceptors (Lipinski definition) is 6. The molecule has 0 saturated carbocycles. The van der Waals surface area contributed by atoms with Gasteiger partial charge in [-0.15, -0.1) is 0 Å². The van der Waals surface area contributed by atoms with Crippen LogP contribution in [0.1, 0.15) is 11.1 Å². The van der Waals surface area contributed by atoms with Crippen LogP contribution in [0.5, 0.6) is 0 Å². The Balaban J connectivity index is 1.25. The average Bonchev–Trinajstić information content (AvgIpc) is 3.11. The normalized spacial score (nSPS) is 20.0. The number of hydrogen-bond donors (Lipinski definition) is 1. The van der Waals surface area contributed by atoms with Gasteiger partial charge >= 0.3 is 0 Å². The number of imidazole rings is 1. The zero-order valence-corrected chi connectivity index (χ0v) is 18.1. The fraction of sp³-hybridized carbons (Fsp3) is 0.636. The molecule has 1 aromatic heterocycles. The molecule has 8 heteroatoms. The summed E-state index contributed by atoms with van der Waals surface area (Å²) in [5, 5.41) is 10.7. The van der Waals surface area contributed by atoms with Crippen molar-refractivity contribution < 1.29 is 14.6 Å². The number of ether oxygens (including phenoxy) is 1. The van der Waals surface area contributed by atoms with Gasteiger partial charge in [-0.1, -0.05) is 0 Å². The third kappa shape index (κ3) is 5.00. The van der Waals surface area contributed by atoms with Crippen molar-refractivity contribution in [3.05, 3.63) is 29.6 Å². The fourth-order valence-electron chi connectivity index (χ4n) is 4.27. The smallest absolute Gasteiger partial charge is 0.236 e. The summed E-state index contributed by atoms with van der Waals surface area (Å²) < 4.78 is 7.38. The summed E-state index contributed by atoms with van der Waals surface area (Å²) in [6.45, 7) is 11.9. The highest BCUT2D eigenvalue weighted by Crippen LogP contribution is 2.19. The molecule has 1 aromatic carbocycles. The van der Waals surface area contributed by atoms with Gasteiger partial charge in [0.25, 0.3) is 0 Å². The number of morpholine rings is 1. The van der Waals surface area contributed by atoms with Crippen molar-refractivity contribution in [2.45, 2.75) is 26.5 Å². The molecule has 30 heavy (non-hydrogen) atoms. The van der Waals surface area contributed by atoms with Gasteiger partial charge in [0, 0.05) is 45.8 Å². The second-order valence-corrected chi connectivity index (χ2v) is 8.55. The predicted molar refractivity (Wildman–Crippen MR) is 115 cm³/mol. The van der Waals surface area contributed by atoms with Crippen LogP contribution in [0, 0.1) is 13.8 Å². The first-order valence-electron chi connectivity index (χ1n) is 10.9. The summed E-state index contributed by atoms with van der Waals surface area (Å²) in [5.41, 5.74) is 4.50. The van der Waals surface area contributed by atoms with Crippen LogP contribution in [0.3, 0.4) is 0 Å². The fourth-order valence-corrected chi connectivity index (χ4v) is 4.27. The van der Waals surface area contributed by atoms with Gasteiger partial charge in [0.15, 0.2) is 0 Å². The van der Waals surface area contributed by atoms with Gasteiger partial charge in [-0.05, 0) is 37.1 Å². The number of carbonyl (C=O) groups is 1. The lowest BCUT2D eigenvalue weighted by atomic mass is 10.1. The van der Waals surface area contributed by atoms with Crippen molar-refractivity contribution in [2.75, 3.05) is 65.6 Å². The van der Waals surface area contributed by atoms with Crippen LogP contribution in [0.2, 0.25) is 0 Å². The second-order valence-electron chi connectivity index (χ2n) is 8.55. The molecular formula is C22H33N5O3. The van der Waals surface area contributed by atoms with E-state index in [1.807, 2.05) is 15.8 Å². The molecule has 3 heterocycles. The van der Waals surface area contributed by atoms with Crippen LogP contribution >= 0.6 is 0 Å². The zero-order valence-electron chi connectivity index (χ0n) is 18.1. The van der Waals surface area contributed by atoms with Crippen molar-refractivity contribution in [1.82, 2.24) is 24.3 Å². The minimum atomic E-state index is -0.473. The van der Waals surface area contributed by atoms with E-state index in [2.05, 4.69) is 40.8 Å². The number of nitrogens with zero attached hydrogens (tertiary/aromatic N) is 5. The first-order valence-corrected chi connectivity index (χ1v) is 10.9. The highest BCUT2D eigenvalue weighted by atomic mass is 16.5. The molecule has 0 radical (unpaired) electrons. The minimum absolute atomic E-state index is 0.202. The molecule has 8 nitrogen and oxygen atoms in total. The molecule has 0 spiro atoms. The van der Waals surface area contributed by atoms with Crippen LogP contribution in [0.15, 0.2) is 18.5 Å². The molecule has 1 unspecified atom stereocenters. The SMILES string of the molecule is Cc1cc2ncn(CC(O)CN3CCN(C(=O)CN4CCOCC4)CC3)c2cc1C. The summed E-state index contributed by atoms with van der Waals surface area (Å²) in [7, 11) is 0. The number of aromatic nitrogens is 2. The van der Waals surface area contributed by atoms with E-state index in [-0.39, 0.29) is 5.91 Å². The molecule has 4 rings (SSSR count). The van der Waals surface area contributed by atoms with Crippen molar-refractivity contribution >= 4 is 16.9 Å². The molecular weight excluding hydrogens is 382 g/mol. The lowest BCUT2D eigenvalue weighted by molar-refractivity contribution is -0.135. The number of benzene rings is 1. The minimum Gasteiger partial charge on any atom is -0.390 e. The van der Waals surface area contributed by atoms with Gasteiger partial charge in [-0.25, -0.2) is 4.98 Å². The van der Waals surface area contributed by atoms with E-state index < -0.39 is 6.10 Å². The maximum Gasteiger partial charge on any atom is 0.236 e. The number of rotatable bonds is 6. The van der Waals surface area contributed by atoms with E-state index in [4.69, 9.17) is 4.74 Å². The molecule has 2 aliphatic rings. The lowest BCUT2D eigenvalue weighted by Gasteiger charge is -2.37. The summed E-state index contributed by atoms with van der Waals surface area (Å²) in [6.07, 6.45) is 1.34. The van der Waals surface area contributed by atoms with Crippen molar-refractivity contribution in [1.29, 1.82) is 0 Å². The number of piperazine rings is 1. The van der Waals surface area contributed by atoms with E-state index in [1.165, 1.54) is 11.1 Å². The van der Waals surface area contributed by atoms with E-state index in [9.17, 15) is 9.90 Å². The van der Waals surface area contributed by atoms with Crippen molar-refractivity contribution in [3.8, 4) is 0 Å². The number of carbonyl (C=O) groups excluding carboxylic acids is 1. The Kier molecular flexibility index (Phi) is 6.67. The first kappa shape index (κ1) is 21.2. The van der Waals surface area contributed by atoms with Gasteiger partial charge in [-0.3, -0.25) is 14.6 Å². The largest absolute Gasteiger partial charge is 0.390 e. The van der Waals surface area contributed by atoms with Gasteiger partial charge in [0.05, 0.1) is 49.8 Å². The van der Waals surface area contributed by atoms with Crippen molar-refractivity contribution in [2.24, 2.45) is 0 Å². The number of β-amino-alcohol motifs (C(OH)–C–C–N with tert-alkyl or cyclic N) is 1. The Morgan fingerprint density at radius 2 is 1.73 bits per heavy atom. The predicted octanol–water partition coefficient (Wildman–Crippen LogP) is 0.490. The van der Waals surface area contributed by atoms with E-state index in [0.29, 0.717) is 32.8 Å². The Labute approximate surface area is 178 Å². The van der Waals surface area contributed by atoms with Crippen LogP contribution in [0.25, 0.3) is 11.0 Å². The maximum absolute atomic E-state index is 12.5. The summed E-state index contributed by atoms with van der Waals surface area (Å²) >= 11 is 0. The van der Waals surface area contributed by atoms with Crippen LogP contribution < -0.4 is 0 Å². The van der Waals surface area contributed by atoms with Gasteiger partial charge < -0.3 is 19.3 Å². The van der Waals surface area contributed by atoms with E-state index in [1.54, 1.807) is 0 Å². The first-order chi connectivity index (χ1) is 14.5. The van der Waals surface area contributed by atoms with Gasteiger partial charge in [0.2, 0.25) is 5.91 Å². The van der Waals surface area contributed by atoms with Crippen LogP contribution in [-0.2, 0) is 16.1 Å². The van der Waals surface area contributed by atoms with E-state index in [0.717, 1.165) is 50.3 Å². The van der Waals surface area contributed by atoms with E-state index >= 15 is 0 Å². The van der Waals surface area contributed by atoms with Crippen LogP contribution in [-0.4, -0.2) is 107 Å². The summed E-state index contributed by atoms with van der Waals surface area (Å²) in [5.74, 6) is 0.202. The quantitative estimate of drug-likeness (QED) is 0.740. The molecule has 2 aliphatic heterocycles. The number of aliphatic hydroxyl groups excluding tert-OH is 1. The van der Waals surface area contributed by atoms with Gasteiger partial charge in [0.1, 0.15) is 0 Å². The highest BCUT2D eigenvalue weighted by molar-refractivity contribution is 5.78. The van der Waals surface area contributed by atoms with Crippen LogP contribution in [0.4, 0.5) is 0 Å². The lowest BCUT2D eigenvalue weighted by Crippen LogP contribution is -2.53. The second kappa shape index (κ2) is 9.43. The Hall–Kier alpha value is -2.00. The molecule has 164 valence electrons. The molecule has 1 amide bonds. The molecule has 1 N–H and O–H groups in total. The molecule has 2 saturated heterocycles. The Morgan fingerprint density at radius 3 is 2.47 bits per heavy atom. The highest BCUT2D eigenvalue weighted by Gasteiger charge is 2.24. The van der Waals surface area contributed by atoms with Crippen molar-refractivity contribution in [3.63, 3.8) is 0 Å². The third-order valence-corrected chi connectivity index (χ3v) is 6.30. The zero-order chi connectivity index (χ0) is 21.1. The molecule has 0 bridgehead atoms. The summed E-state index contributed by atoms with van der Waals surface area (Å²) in [4.78, 5) is 23.4. The topological polar surface area (TPSA) is 74.1 Å². The number of aliphatic hydroxyl groups is 1. The molecule has 1 atom stereocenters. The molecule has 0 aliphatic carbocycles. The molecule has 2 aromatic rings.